The molecule has 66 valence electrons. The molecule has 1 unspecified atom stereocenters. The number of aliphatic hydroxyl groups is 1. The number of hydrogen-bond donors (Lipinski definition) is 1. The Morgan fingerprint density at radius 1 is 1.55 bits per heavy atom. The summed E-state index contributed by atoms with van der Waals surface area (Å²) in [7, 11) is 0. The first-order valence-corrected chi connectivity index (χ1v) is 4.81. The van der Waals surface area contributed by atoms with Gasteiger partial charge in [-0.25, -0.2) is 0 Å². The lowest BCUT2D eigenvalue weighted by atomic mass is 10.3. The maximum Gasteiger partial charge on any atom is 0.191 e. The normalized spacial score (nSPS) is 16.0. The Hall–Kier alpha value is -0.0200. The summed E-state index contributed by atoms with van der Waals surface area (Å²) in [5.74, 6) is 0. The van der Waals surface area contributed by atoms with E-state index in [1.807, 2.05) is 13.8 Å². The molecule has 0 bridgehead atoms. The van der Waals surface area contributed by atoms with Crippen LogP contribution in [0.4, 0.5) is 0 Å². The molecule has 2 atom stereocenters. The van der Waals surface area contributed by atoms with Crippen molar-refractivity contribution in [2.45, 2.75) is 45.0 Å². The lowest BCUT2D eigenvalue weighted by molar-refractivity contribution is -0.112. The second kappa shape index (κ2) is 5.61. The molecule has 0 fully saturated rings. The molecule has 0 aliphatic carbocycles. The van der Waals surface area contributed by atoms with Crippen molar-refractivity contribution in [3.63, 3.8) is 0 Å². The highest BCUT2D eigenvalue weighted by atomic mass is 32.2. The van der Waals surface area contributed by atoms with Gasteiger partial charge >= 0.3 is 0 Å². The summed E-state index contributed by atoms with van der Waals surface area (Å²) in [4.78, 5) is 11.0. The van der Waals surface area contributed by atoms with Gasteiger partial charge in [-0.1, -0.05) is 25.6 Å². The summed E-state index contributed by atoms with van der Waals surface area (Å²) in [5, 5.41) is 9.34. The molecule has 0 aromatic carbocycles. The quantitative estimate of drug-likeness (QED) is 0.710. The summed E-state index contributed by atoms with van der Waals surface area (Å²) < 4.78 is 0. The molecule has 0 saturated carbocycles. The summed E-state index contributed by atoms with van der Waals surface area (Å²) in [6.07, 6.45) is 0.768. The van der Waals surface area contributed by atoms with Gasteiger partial charge in [0, 0.05) is 11.7 Å². The van der Waals surface area contributed by atoms with E-state index in [0.717, 1.165) is 6.42 Å². The fourth-order valence-corrected chi connectivity index (χ4v) is 1.55. The number of carbonyl (C=O) groups is 1. The maximum atomic E-state index is 11.0. The Kier molecular flexibility index (Phi) is 5.60. The van der Waals surface area contributed by atoms with Crippen molar-refractivity contribution in [3.05, 3.63) is 0 Å². The van der Waals surface area contributed by atoms with Gasteiger partial charge in [0.1, 0.15) is 0 Å². The number of hydrogen-bond acceptors (Lipinski definition) is 3. The number of rotatable bonds is 4. The van der Waals surface area contributed by atoms with Gasteiger partial charge in [-0.15, -0.1) is 0 Å². The first-order valence-electron chi connectivity index (χ1n) is 3.93. The van der Waals surface area contributed by atoms with Crippen LogP contribution in [0.1, 0.15) is 33.6 Å². The van der Waals surface area contributed by atoms with Crippen molar-refractivity contribution < 1.29 is 9.90 Å². The van der Waals surface area contributed by atoms with E-state index in [-0.39, 0.29) is 11.5 Å². The topological polar surface area (TPSA) is 37.3 Å². The zero-order valence-electron chi connectivity index (χ0n) is 7.33. The molecular weight excluding hydrogens is 160 g/mol. The summed E-state index contributed by atoms with van der Waals surface area (Å²) in [6.45, 7) is 5.70. The lowest BCUT2D eigenvalue weighted by Gasteiger charge is -2.07. The first-order chi connectivity index (χ1) is 5.06. The van der Waals surface area contributed by atoms with E-state index in [4.69, 9.17) is 5.11 Å². The van der Waals surface area contributed by atoms with Gasteiger partial charge in [0.05, 0.1) is 6.10 Å². The zero-order valence-corrected chi connectivity index (χ0v) is 8.15. The maximum absolute atomic E-state index is 11.0. The minimum absolute atomic E-state index is 0.0920. The Balaban J connectivity index is 3.52. The van der Waals surface area contributed by atoms with Crippen molar-refractivity contribution in [1.82, 2.24) is 0 Å². The third-order valence-electron chi connectivity index (χ3n) is 1.37. The van der Waals surface area contributed by atoms with Crippen LogP contribution in [0.5, 0.6) is 0 Å². The van der Waals surface area contributed by atoms with Crippen LogP contribution in [0.15, 0.2) is 0 Å². The fraction of sp³-hybridized carbons (Fsp3) is 0.875. The molecule has 0 spiro atoms. The Morgan fingerprint density at radius 3 is 2.45 bits per heavy atom. The smallest absolute Gasteiger partial charge is 0.191 e. The lowest BCUT2D eigenvalue weighted by Crippen LogP contribution is -2.08. The van der Waals surface area contributed by atoms with Gasteiger partial charge in [-0.3, -0.25) is 4.79 Å². The van der Waals surface area contributed by atoms with Crippen molar-refractivity contribution in [2.75, 3.05) is 0 Å². The molecule has 0 heterocycles. The Morgan fingerprint density at radius 2 is 2.09 bits per heavy atom. The van der Waals surface area contributed by atoms with E-state index in [2.05, 4.69) is 0 Å². The summed E-state index contributed by atoms with van der Waals surface area (Å²) in [5.41, 5.74) is 0. The van der Waals surface area contributed by atoms with E-state index >= 15 is 0 Å². The molecule has 11 heavy (non-hydrogen) atoms. The second-order valence-electron chi connectivity index (χ2n) is 2.76. The minimum atomic E-state index is -0.501. The molecular formula is C8H16O2S. The molecule has 0 amide bonds. The van der Waals surface area contributed by atoms with Crippen LogP contribution < -0.4 is 0 Å². The number of aliphatic hydroxyl groups excluding tert-OH is 1. The summed E-state index contributed by atoms with van der Waals surface area (Å²) >= 11 is 1.33. The highest BCUT2D eigenvalue weighted by Gasteiger charge is 2.10. The molecule has 0 aromatic rings. The minimum Gasteiger partial charge on any atom is -0.393 e. The largest absolute Gasteiger partial charge is 0.393 e. The van der Waals surface area contributed by atoms with Crippen molar-refractivity contribution in [1.29, 1.82) is 0 Å². The molecule has 0 aliphatic rings. The summed E-state index contributed by atoms with van der Waals surface area (Å²) in [6, 6.07) is 0. The van der Waals surface area contributed by atoms with Crippen LogP contribution in [0.3, 0.4) is 0 Å². The molecule has 2 nitrogen and oxygen atoms in total. The van der Waals surface area contributed by atoms with E-state index in [1.165, 1.54) is 11.8 Å². The SMILES string of the molecule is CCC(C)SC(=O)C[C@@H](C)O. The monoisotopic (exact) mass is 176 g/mol. The average Bonchev–Trinajstić information content (AvgIpc) is 1.85. The standard InChI is InChI=1S/C8H16O2S/c1-4-7(3)11-8(10)5-6(2)9/h6-7,9H,4-5H2,1-3H3/t6-,7?/m1/s1. The van der Waals surface area contributed by atoms with Crippen LogP contribution in [0, 0.1) is 0 Å². The van der Waals surface area contributed by atoms with Gasteiger partial charge in [0.15, 0.2) is 5.12 Å². The van der Waals surface area contributed by atoms with Crippen molar-refractivity contribution >= 4 is 16.9 Å². The highest BCUT2D eigenvalue weighted by Crippen LogP contribution is 2.16. The van der Waals surface area contributed by atoms with Gasteiger partial charge in [-0.05, 0) is 13.3 Å². The predicted molar refractivity (Wildman–Crippen MR) is 48.6 cm³/mol. The average molecular weight is 176 g/mol. The Bertz CT molecular complexity index is 123. The van der Waals surface area contributed by atoms with Crippen LogP contribution in [0.25, 0.3) is 0 Å². The first kappa shape index (κ1) is 11.0. The van der Waals surface area contributed by atoms with Crippen LogP contribution >= 0.6 is 11.8 Å². The van der Waals surface area contributed by atoms with E-state index < -0.39 is 6.10 Å². The molecule has 3 heteroatoms. The van der Waals surface area contributed by atoms with Crippen LogP contribution in [0.2, 0.25) is 0 Å². The van der Waals surface area contributed by atoms with Crippen molar-refractivity contribution in [2.24, 2.45) is 0 Å². The van der Waals surface area contributed by atoms with Crippen LogP contribution in [-0.4, -0.2) is 21.6 Å². The fourth-order valence-electron chi connectivity index (χ4n) is 0.597. The third-order valence-corrected chi connectivity index (χ3v) is 2.53. The molecule has 1 N–H and O–H groups in total. The molecule has 0 aromatic heterocycles. The Labute approximate surface area is 72.4 Å². The molecule has 0 aliphatic heterocycles. The van der Waals surface area contributed by atoms with E-state index in [0.29, 0.717) is 5.25 Å². The van der Waals surface area contributed by atoms with Gasteiger partial charge in [0.25, 0.3) is 0 Å². The number of thioether (sulfide) groups is 1. The van der Waals surface area contributed by atoms with Crippen LogP contribution in [-0.2, 0) is 4.79 Å². The molecule has 0 saturated heterocycles. The molecule has 0 rings (SSSR count). The molecule has 0 radical (unpaired) electrons. The van der Waals surface area contributed by atoms with E-state index in [1.54, 1.807) is 6.92 Å². The third kappa shape index (κ3) is 6.38. The number of carbonyl (C=O) groups excluding carboxylic acids is 1. The highest BCUT2D eigenvalue weighted by molar-refractivity contribution is 8.14. The van der Waals surface area contributed by atoms with Crippen molar-refractivity contribution in [3.8, 4) is 0 Å². The predicted octanol–water partition coefficient (Wildman–Crippen LogP) is 1.82. The van der Waals surface area contributed by atoms with Gasteiger partial charge < -0.3 is 5.11 Å². The van der Waals surface area contributed by atoms with Gasteiger partial charge in [0.2, 0.25) is 0 Å². The van der Waals surface area contributed by atoms with E-state index in [9.17, 15) is 4.79 Å². The zero-order chi connectivity index (χ0) is 8.85. The van der Waals surface area contributed by atoms with Gasteiger partial charge in [-0.2, -0.15) is 0 Å². The second-order valence-corrected chi connectivity index (χ2v) is 4.26.